The Labute approximate surface area is 92.6 Å². The number of hydrogen-bond acceptors (Lipinski definition) is 2. The molecule has 0 saturated carbocycles. The summed E-state index contributed by atoms with van der Waals surface area (Å²) in [5.74, 6) is 1.13. The summed E-state index contributed by atoms with van der Waals surface area (Å²) >= 11 is 5.29. The number of hydrogen-bond donors (Lipinski definition) is 0. The predicted octanol–water partition coefficient (Wildman–Crippen LogP) is 3.59. The topological polar surface area (TPSA) is 3.24 Å². The molecule has 1 aromatic rings. The molecule has 0 aliphatic rings. The van der Waals surface area contributed by atoms with Crippen molar-refractivity contribution >= 4 is 33.4 Å². The van der Waals surface area contributed by atoms with Gasteiger partial charge in [-0.3, -0.25) is 0 Å². The average Bonchev–Trinajstić information content (AvgIpc) is 2.18. The van der Waals surface area contributed by atoms with Crippen molar-refractivity contribution in [1.82, 2.24) is 0 Å². The van der Waals surface area contributed by atoms with E-state index in [0.717, 1.165) is 11.2 Å². The van der Waals surface area contributed by atoms with Crippen LogP contribution in [-0.4, -0.2) is 18.3 Å². The first kappa shape index (κ1) is 10.9. The number of rotatable bonds is 4. The van der Waals surface area contributed by atoms with Gasteiger partial charge >= 0.3 is 0 Å². The van der Waals surface area contributed by atoms with Gasteiger partial charge < -0.3 is 4.90 Å². The second-order valence-electron chi connectivity index (χ2n) is 2.74. The summed E-state index contributed by atoms with van der Waals surface area (Å²) in [7, 11) is 2.07. The normalized spacial score (nSPS) is 10.1. The SMILES string of the molecule is CCSc1ccc(N(C)CBr)cc1. The van der Waals surface area contributed by atoms with E-state index in [1.165, 1.54) is 10.6 Å². The first-order chi connectivity index (χ1) is 6.27. The second kappa shape index (κ2) is 5.55. The quantitative estimate of drug-likeness (QED) is 0.462. The van der Waals surface area contributed by atoms with Crippen molar-refractivity contribution in [3.63, 3.8) is 0 Å². The van der Waals surface area contributed by atoms with E-state index in [1.54, 1.807) is 0 Å². The van der Waals surface area contributed by atoms with Crippen molar-refractivity contribution in [3.05, 3.63) is 24.3 Å². The van der Waals surface area contributed by atoms with Crippen LogP contribution < -0.4 is 4.90 Å². The number of alkyl halides is 1. The zero-order valence-electron chi connectivity index (χ0n) is 7.96. The molecule has 0 N–H and O–H groups in total. The summed E-state index contributed by atoms with van der Waals surface area (Å²) in [4.78, 5) is 3.50. The molecule has 3 heteroatoms. The lowest BCUT2D eigenvalue weighted by Crippen LogP contribution is -2.13. The van der Waals surface area contributed by atoms with Gasteiger partial charge in [-0.15, -0.1) is 11.8 Å². The molecule has 0 spiro atoms. The highest BCUT2D eigenvalue weighted by atomic mass is 79.9. The van der Waals surface area contributed by atoms with Crippen molar-refractivity contribution in [3.8, 4) is 0 Å². The summed E-state index contributed by atoms with van der Waals surface area (Å²) in [6, 6.07) is 8.64. The van der Waals surface area contributed by atoms with Crippen LogP contribution in [0.4, 0.5) is 5.69 Å². The lowest BCUT2D eigenvalue weighted by Gasteiger charge is -2.15. The third-order valence-electron chi connectivity index (χ3n) is 1.77. The molecule has 1 rings (SSSR count). The standard InChI is InChI=1S/C10H14BrNS/c1-3-13-10-6-4-9(5-7-10)12(2)8-11/h4-7H,3,8H2,1-2H3. The Morgan fingerprint density at radius 2 is 1.92 bits per heavy atom. The number of benzene rings is 1. The summed E-state index contributed by atoms with van der Waals surface area (Å²) in [5.41, 5.74) is 2.12. The van der Waals surface area contributed by atoms with E-state index in [4.69, 9.17) is 0 Å². The minimum Gasteiger partial charge on any atom is -0.365 e. The van der Waals surface area contributed by atoms with Gasteiger partial charge in [0.15, 0.2) is 0 Å². The first-order valence-corrected chi connectivity index (χ1v) is 6.38. The van der Waals surface area contributed by atoms with Crippen LogP contribution in [0.5, 0.6) is 0 Å². The molecular formula is C10H14BrNS. The van der Waals surface area contributed by atoms with E-state index in [0.29, 0.717) is 0 Å². The van der Waals surface area contributed by atoms with E-state index in [2.05, 4.69) is 59.1 Å². The highest BCUT2D eigenvalue weighted by Gasteiger charge is 1.97. The summed E-state index contributed by atoms with van der Waals surface area (Å²) in [6.07, 6.45) is 0. The van der Waals surface area contributed by atoms with Crippen molar-refractivity contribution in [1.29, 1.82) is 0 Å². The molecule has 0 bridgehead atoms. The maximum absolute atomic E-state index is 3.42. The van der Waals surface area contributed by atoms with E-state index in [1.807, 2.05) is 11.8 Å². The van der Waals surface area contributed by atoms with Gasteiger partial charge in [0, 0.05) is 17.6 Å². The number of halogens is 1. The zero-order chi connectivity index (χ0) is 9.68. The van der Waals surface area contributed by atoms with Crippen LogP contribution in [0.15, 0.2) is 29.2 Å². The van der Waals surface area contributed by atoms with Gasteiger partial charge in [0.25, 0.3) is 0 Å². The van der Waals surface area contributed by atoms with Crippen LogP contribution in [0.1, 0.15) is 6.92 Å². The molecule has 0 aromatic heterocycles. The highest BCUT2D eigenvalue weighted by molar-refractivity contribution is 9.09. The van der Waals surface area contributed by atoms with E-state index in [9.17, 15) is 0 Å². The minimum atomic E-state index is 0.868. The summed E-state index contributed by atoms with van der Waals surface area (Å²) in [6.45, 7) is 2.17. The van der Waals surface area contributed by atoms with Crippen LogP contribution in [-0.2, 0) is 0 Å². The Balaban J connectivity index is 2.69. The third-order valence-corrected chi connectivity index (χ3v) is 3.41. The van der Waals surface area contributed by atoms with Crippen molar-refractivity contribution in [2.24, 2.45) is 0 Å². The fourth-order valence-electron chi connectivity index (χ4n) is 1.03. The smallest absolute Gasteiger partial charge is 0.0732 e. The maximum atomic E-state index is 3.42. The van der Waals surface area contributed by atoms with Gasteiger partial charge in [0.1, 0.15) is 0 Å². The Morgan fingerprint density at radius 1 is 1.31 bits per heavy atom. The molecule has 13 heavy (non-hydrogen) atoms. The highest BCUT2D eigenvalue weighted by Crippen LogP contribution is 2.21. The van der Waals surface area contributed by atoms with Gasteiger partial charge in [-0.1, -0.05) is 22.9 Å². The molecule has 0 unspecified atom stereocenters. The molecule has 0 fully saturated rings. The van der Waals surface area contributed by atoms with Crippen molar-refractivity contribution in [2.45, 2.75) is 11.8 Å². The van der Waals surface area contributed by atoms with E-state index in [-0.39, 0.29) is 0 Å². The summed E-state index contributed by atoms with van der Waals surface area (Å²) < 4.78 is 0. The van der Waals surface area contributed by atoms with Crippen LogP contribution >= 0.6 is 27.7 Å². The van der Waals surface area contributed by atoms with Gasteiger partial charge in [0.05, 0.1) is 5.45 Å². The van der Waals surface area contributed by atoms with Crippen molar-refractivity contribution in [2.75, 3.05) is 23.2 Å². The number of anilines is 1. The zero-order valence-corrected chi connectivity index (χ0v) is 10.4. The molecule has 1 nitrogen and oxygen atoms in total. The monoisotopic (exact) mass is 259 g/mol. The Kier molecular flexibility index (Phi) is 4.67. The molecule has 0 atom stereocenters. The van der Waals surface area contributed by atoms with Crippen LogP contribution in [0, 0.1) is 0 Å². The number of thioether (sulfide) groups is 1. The average molecular weight is 260 g/mol. The molecule has 1 aromatic carbocycles. The molecule has 72 valence electrons. The van der Waals surface area contributed by atoms with E-state index < -0.39 is 0 Å². The fraction of sp³-hybridized carbons (Fsp3) is 0.400. The van der Waals surface area contributed by atoms with Gasteiger partial charge in [-0.2, -0.15) is 0 Å². The van der Waals surface area contributed by atoms with Gasteiger partial charge in [-0.25, -0.2) is 0 Å². The first-order valence-electron chi connectivity index (χ1n) is 4.28. The molecular weight excluding hydrogens is 246 g/mol. The maximum Gasteiger partial charge on any atom is 0.0732 e. The lowest BCUT2D eigenvalue weighted by molar-refractivity contribution is 1.10. The lowest BCUT2D eigenvalue weighted by atomic mass is 10.3. The van der Waals surface area contributed by atoms with Crippen LogP contribution in [0.2, 0.25) is 0 Å². The predicted molar refractivity (Wildman–Crippen MR) is 65.0 cm³/mol. The second-order valence-corrected chi connectivity index (χ2v) is 4.58. The number of nitrogens with zero attached hydrogens (tertiary/aromatic N) is 1. The molecule has 0 amide bonds. The van der Waals surface area contributed by atoms with Crippen LogP contribution in [0.3, 0.4) is 0 Å². The molecule has 0 aliphatic carbocycles. The molecule has 0 radical (unpaired) electrons. The minimum absolute atomic E-state index is 0.868. The van der Waals surface area contributed by atoms with E-state index >= 15 is 0 Å². The fourth-order valence-corrected chi connectivity index (χ4v) is 1.98. The summed E-state index contributed by atoms with van der Waals surface area (Å²) in [5, 5.41) is 0. The molecule has 0 saturated heterocycles. The molecule has 0 heterocycles. The van der Waals surface area contributed by atoms with Crippen LogP contribution in [0.25, 0.3) is 0 Å². The Bertz CT molecular complexity index is 248. The largest absolute Gasteiger partial charge is 0.365 e. The molecule has 0 aliphatic heterocycles. The van der Waals surface area contributed by atoms with Gasteiger partial charge in [-0.05, 0) is 30.0 Å². The Morgan fingerprint density at radius 3 is 2.38 bits per heavy atom. The Hall–Kier alpha value is -0.150. The third kappa shape index (κ3) is 3.24. The van der Waals surface area contributed by atoms with Gasteiger partial charge in [0.2, 0.25) is 0 Å². The van der Waals surface area contributed by atoms with Crippen molar-refractivity contribution < 1.29 is 0 Å².